The van der Waals surface area contributed by atoms with Gasteiger partial charge in [-0.05, 0) is 0 Å². The van der Waals surface area contributed by atoms with Crippen LogP contribution in [0.1, 0.15) is 96.5 Å². The zero-order valence-electron chi connectivity index (χ0n) is 14.9. The normalized spacial score (nSPS) is 12.7. The first-order valence-corrected chi connectivity index (χ1v) is 12.1. The van der Waals surface area contributed by atoms with Gasteiger partial charge in [0, 0.05) is 0 Å². The van der Waals surface area contributed by atoms with Crippen LogP contribution < -0.4 is 2.89 Å². The summed E-state index contributed by atoms with van der Waals surface area (Å²) in [6.45, 7) is 4.62. The monoisotopic (exact) mass is 428 g/mol. The van der Waals surface area contributed by atoms with Crippen molar-refractivity contribution in [2.24, 2.45) is 5.92 Å². The van der Waals surface area contributed by atoms with E-state index in [1.54, 1.807) is 8.46 Å². The number of rotatable bonds is 14. The van der Waals surface area contributed by atoms with Crippen molar-refractivity contribution in [2.45, 2.75) is 97.3 Å². The van der Waals surface area contributed by atoms with Crippen LogP contribution in [0.4, 0.5) is 0 Å². The van der Waals surface area contributed by atoms with Crippen LogP contribution in [0.2, 0.25) is 0 Å². The van der Waals surface area contributed by atoms with Crippen LogP contribution in [0.15, 0.2) is 11.4 Å². The molecule has 0 aliphatic rings. The second-order valence-corrected chi connectivity index (χ2v) is 10.6. The Morgan fingerprint density at radius 2 is 1.41 bits per heavy atom. The van der Waals surface area contributed by atoms with Crippen LogP contribution in [0, 0.1) is 5.92 Å². The number of thiophene rings is 1. The van der Waals surface area contributed by atoms with Gasteiger partial charge in [0.25, 0.3) is 0 Å². The van der Waals surface area contributed by atoms with E-state index in [4.69, 9.17) is 0 Å². The van der Waals surface area contributed by atoms with E-state index < -0.39 is 0 Å². The Morgan fingerprint density at radius 3 is 1.95 bits per heavy atom. The van der Waals surface area contributed by atoms with Gasteiger partial charge in [-0.15, -0.1) is 0 Å². The van der Waals surface area contributed by atoms with Crippen LogP contribution in [0.3, 0.4) is 0 Å². The number of hydrogen-bond donors (Lipinski definition) is 0. The molecule has 0 aliphatic carbocycles. The number of unbranched alkanes of at least 4 members (excludes halogenated alkanes) is 8. The molecule has 0 amide bonds. The van der Waals surface area contributed by atoms with Crippen LogP contribution in [-0.2, 0) is 6.42 Å². The quantitative estimate of drug-likeness (QED) is 0.247. The molecule has 1 heterocycles. The molecule has 0 saturated heterocycles. The van der Waals surface area contributed by atoms with Crippen molar-refractivity contribution in [1.29, 1.82) is 0 Å². The second-order valence-electron chi connectivity index (χ2n) is 6.79. The first kappa shape index (κ1) is 20.5. The van der Waals surface area contributed by atoms with Gasteiger partial charge in [-0.25, -0.2) is 0 Å². The zero-order valence-corrected chi connectivity index (χ0v) is 19.0. The molecule has 0 saturated carbocycles. The molecule has 1 aromatic heterocycles. The summed E-state index contributed by atoms with van der Waals surface area (Å²) in [5.74, 6) is 0.948. The maximum absolute atomic E-state index is 2.39. The zero-order chi connectivity index (χ0) is 16.0. The minimum atomic E-state index is 0.948. The third kappa shape index (κ3) is 9.60. The van der Waals surface area contributed by atoms with Gasteiger partial charge >= 0.3 is 157 Å². The van der Waals surface area contributed by atoms with Crippen molar-refractivity contribution in [1.82, 2.24) is 0 Å². The molecular formula is C20H36SSn. The summed E-state index contributed by atoms with van der Waals surface area (Å²) in [6, 6.07) is 2.39. The summed E-state index contributed by atoms with van der Waals surface area (Å²) >= 11 is 3.28. The minimum absolute atomic E-state index is 0.948. The van der Waals surface area contributed by atoms with E-state index in [9.17, 15) is 0 Å². The molecule has 0 bridgehead atoms. The molecule has 1 unspecified atom stereocenters. The molecule has 22 heavy (non-hydrogen) atoms. The molecular weight excluding hydrogens is 391 g/mol. The average Bonchev–Trinajstić information content (AvgIpc) is 2.92. The summed E-state index contributed by atoms with van der Waals surface area (Å²) in [6.07, 6.45) is 18.6. The Balaban J connectivity index is 2.29. The van der Waals surface area contributed by atoms with Crippen molar-refractivity contribution in [2.75, 3.05) is 0 Å². The fraction of sp³-hybridized carbons (Fsp3) is 0.800. The Kier molecular flexibility index (Phi) is 13.0. The van der Waals surface area contributed by atoms with Gasteiger partial charge in [-0.3, -0.25) is 0 Å². The van der Waals surface area contributed by atoms with E-state index in [1.165, 1.54) is 106 Å². The SMILES string of the molecule is CCCCCCCCC(CCCCCC)Cc1ccs[c]1[SnH]. The van der Waals surface area contributed by atoms with E-state index in [2.05, 4.69) is 25.3 Å². The van der Waals surface area contributed by atoms with E-state index in [-0.39, 0.29) is 0 Å². The van der Waals surface area contributed by atoms with Gasteiger partial charge in [-0.2, -0.15) is 0 Å². The van der Waals surface area contributed by atoms with Gasteiger partial charge in [0.05, 0.1) is 0 Å². The molecule has 0 fully saturated rings. The fourth-order valence-corrected chi connectivity index (χ4v) is 5.21. The molecule has 0 aliphatic heterocycles. The average molecular weight is 427 g/mol. The Morgan fingerprint density at radius 1 is 0.864 bits per heavy atom. The molecule has 0 aromatic carbocycles. The molecule has 1 atom stereocenters. The molecule has 2 radical (unpaired) electrons. The van der Waals surface area contributed by atoms with Gasteiger partial charge in [0.15, 0.2) is 0 Å². The van der Waals surface area contributed by atoms with Gasteiger partial charge in [0.2, 0.25) is 0 Å². The number of hydrogen-bond acceptors (Lipinski definition) is 1. The van der Waals surface area contributed by atoms with Gasteiger partial charge in [0.1, 0.15) is 0 Å². The predicted molar refractivity (Wildman–Crippen MR) is 105 cm³/mol. The molecule has 1 aromatic rings. The molecule has 0 N–H and O–H groups in total. The van der Waals surface area contributed by atoms with E-state index in [0.717, 1.165) is 5.92 Å². The molecule has 126 valence electrons. The van der Waals surface area contributed by atoms with Crippen molar-refractivity contribution in [3.05, 3.63) is 17.0 Å². The topological polar surface area (TPSA) is 0 Å². The van der Waals surface area contributed by atoms with Crippen LogP contribution >= 0.6 is 11.3 Å². The molecule has 1 rings (SSSR count). The standard InChI is InChI=1S/C20H35S.Sn.H/c1-3-5-7-9-10-12-14-19(13-11-8-6-4-2)17-20-15-16-21-18-20;;/h15-16,19H,3-14,17H2,1-2H3;;. The maximum atomic E-state index is 2.39. The van der Waals surface area contributed by atoms with E-state index in [1.807, 2.05) is 11.3 Å². The van der Waals surface area contributed by atoms with Crippen molar-refractivity contribution in [3.8, 4) is 0 Å². The molecule has 2 heteroatoms. The second kappa shape index (κ2) is 13.9. The van der Waals surface area contributed by atoms with Gasteiger partial charge in [-0.1, -0.05) is 0 Å². The molecule has 0 spiro atoms. The first-order chi connectivity index (χ1) is 10.8. The third-order valence-electron chi connectivity index (χ3n) is 4.72. The first-order valence-electron chi connectivity index (χ1n) is 9.59. The third-order valence-corrected chi connectivity index (χ3v) is 7.73. The van der Waals surface area contributed by atoms with Crippen molar-refractivity contribution < 1.29 is 0 Å². The van der Waals surface area contributed by atoms with Gasteiger partial charge < -0.3 is 0 Å². The summed E-state index contributed by atoms with van der Waals surface area (Å²) in [5.41, 5.74) is 1.68. The fourth-order valence-electron chi connectivity index (χ4n) is 3.25. The van der Waals surface area contributed by atoms with Crippen LogP contribution in [-0.4, -0.2) is 22.5 Å². The summed E-state index contributed by atoms with van der Waals surface area (Å²) < 4.78 is 1.67. The van der Waals surface area contributed by atoms with Crippen molar-refractivity contribution >= 4 is 36.8 Å². The van der Waals surface area contributed by atoms with Crippen LogP contribution in [0.5, 0.6) is 0 Å². The molecule has 0 nitrogen and oxygen atoms in total. The van der Waals surface area contributed by atoms with Crippen LogP contribution in [0.25, 0.3) is 0 Å². The van der Waals surface area contributed by atoms with E-state index in [0.29, 0.717) is 0 Å². The summed E-state index contributed by atoms with van der Waals surface area (Å²) in [7, 11) is 0. The summed E-state index contributed by atoms with van der Waals surface area (Å²) in [4.78, 5) is 0. The predicted octanol–water partition coefficient (Wildman–Crippen LogP) is 6.15. The Hall–Kier alpha value is 0.499. The Labute approximate surface area is 156 Å². The summed E-state index contributed by atoms with van der Waals surface area (Å²) in [5, 5.41) is 2.30. The Bertz CT molecular complexity index is 358. The van der Waals surface area contributed by atoms with Crippen molar-refractivity contribution in [3.63, 3.8) is 0 Å². The van der Waals surface area contributed by atoms with E-state index >= 15 is 0 Å².